The van der Waals surface area contributed by atoms with Gasteiger partial charge < -0.3 is 5.32 Å². The molecule has 1 N–H and O–H groups in total. The molecule has 3 aliphatic rings. The quantitative estimate of drug-likeness (QED) is 0.712. The molecule has 0 saturated heterocycles. The number of fused-ring (bicyclic) bond motifs is 5. The van der Waals surface area contributed by atoms with E-state index in [1.54, 1.807) is 13.0 Å². The van der Waals surface area contributed by atoms with Gasteiger partial charge in [-0.15, -0.1) is 0 Å². The first-order valence-corrected chi connectivity index (χ1v) is 10.7. The molecule has 0 radical (unpaired) electrons. The summed E-state index contributed by atoms with van der Waals surface area (Å²) in [6, 6.07) is 8.09. The first kappa shape index (κ1) is 18.5. The van der Waals surface area contributed by atoms with Crippen LogP contribution in [0.4, 0.5) is 10.1 Å². The van der Waals surface area contributed by atoms with Crippen molar-refractivity contribution >= 4 is 17.2 Å². The number of allylic oxidation sites excluding steroid dienone is 2. The van der Waals surface area contributed by atoms with E-state index in [0.29, 0.717) is 17.8 Å². The zero-order chi connectivity index (χ0) is 20.2. The summed E-state index contributed by atoms with van der Waals surface area (Å²) in [7, 11) is 0. The van der Waals surface area contributed by atoms with E-state index in [0.717, 1.165) is 36.9 Å². The van der Waals surface area contributed by atoms with Crippen molar-refractivity contribution in [1.82, 2.24) is 4.98 Å². The van der Waals surface area contributed by atoms with E-state index >= 15 is 0 Å². The lowest BCUT2D eigenvalue weighted by Gasteiger charge is -2.50. The molecule has 4 atom stereocenters. The SMILES string of the molecule is CC(=O)Nc1ccc2c(c1)CC[C@@H]1[C@@H]2CC[C@]2(C)C(c3cncc(F)c3)=CC[C@@H]12. The highest BCUT2D eigenvalue weighted by Crippen LogP contribution is 2.63. The number of hydrogen-bond donors (Lipinski definition) is 1. The molecule has 3 aliphatic carbocycles. The van der Waals surface area contributed by atoms with Gasteiger partial charge in [0.05, 0.1) is 6.20 Å². The zero-order valence-electron chi connectivity index (χ0n) is 17.0. The predicted octanol–water partition coefficient (Wildman–Crippen LogP) is 5.73. The fraction of sp³-hybridized carbons (Fsp3) is 0.440. The third kappa shape index (κ3) is 3.00. The van der Waals surface area contributed by atoms with E-state index in [1.165, 1.54) is 29.3 Å². The predicted molar refractivity (Wildman–Crippen MR) is 113 cm³/mol. The summed E-state index contributed by atoms with van der Waals surface area (Å²) in [5.41, 5.74) is 6.10. The van der Waals surface area contributed by atoms with Crippen LogP contribution in [0.2, 0.25) is 0 Å². The fourth-order valence-electron chi connectivity index (χ4n) is 6.44. The number of anilines is 1. The van der Waals surface area contributed by atoms with E-state index in [1.807, 2.05) is 12.3 Å². The van der Waals surface area contributed by atoms with Crippen LogP contribution < -0.4 is 5.32 Å². The largest absolute Gasteiger partial charge is 0.326 e. The number of carbonyl (C=O) groups excluding carboxylic acids is 1. The van der Waals surface area contributed by atoms with Crippen LogP contribution >= 0.6 is 0 Å². The first-order chi connectivity index (χ1) is 14.0. The number of carbonyl (C=O) groups is 1. The maximum absolute atomic E-state index is 13.8. The number of benzene rings is 1. The van der Waals surface area contributed by atoms with Crippen LogP contribution in [-0.2, 0) is 11.2 Å². The Hall–Kier alpha value is -2.49. The molecule has 1 amide bonds. The second-order valence-electron chi connectivity index (χ2n) is 9.21. The lowest BCUT2D eigenvalue weighted by Crippen LogP contribution is -2.40. The van der Waals surface area contributed by atoms with Crippen molar-refractivity contribution in [3.8, 4) is 0 Å². The molecular weight excluding hydrogens is 363 g/mol. The second-order valence-corrected chi connectivity index (χ2v) is 9.21. The van der Waals surface area contributed by atoms with E-state index in [2.05, 4.69) is 35.4 Å². The monoisotopic (exact) mass is 390 g/mol. The topological polar surface area (TPSA) is 42.0 Å². The van der Waals surface area contributed by atoms with Gasteiger partial charge in [0.15, 0.2) is 0 Å². The van der Waals surface area contributed by atoms with Gasteiger partial charge in [0.25, 0.3) is 0 Å². The van der Waals surface area contributed by atoms with Gasteiger partial charge in [-0.2, -0.15) is 0 Å². The van der Waals surface area contributed by atoms with E-state index < -0.39 is 0 Å². The first-order valence-electron chi connectivity index (χ1n) is 10.7. The Labute approximate surface area is 171 Å². The van der Waals surface area contributed by atoms with Crippen molar-refractivity contribution in [3.05, 3.63) is 65.2 Å². The maximum Gasteiger partial charge on any atom is 0.221 e. The van der Waals surface area contributed by atoms with Gasteiger partial charge in [-0.25, -0.2) is 4.39 Å². The van der Waals surface area contributed by atoms with Crippen molar-refractivity contribution in [2.45, 2.75) is 51.9 Å². The molecule has 2 aromatic rings. The highest BCUT2D eigenvalue weighted by Gasteiger charge is 2.51. The highest BCUT2D eigenvalue weighted by molar-refractivity contribution is 5.88. The van der Waals surface area contributed by atoms with Crippen molar-refractivity contribution in [2.24, 2.45) is 17.3 Å². The number of halogens is 1. The molecule has 0 spiro atoms. The molecule has 1 aromatic heterocycles. The van der Waals surface area contributed by atoms with Crippen molar-refractivity contribution in [2.75, 3.05) is 5.32 Å². The summed E-state index contributed by atoms with van der Waals surface area (Å²) in [6.07, 6.45) is 11.0. The van der Waals surface area contributed by atoms with Gasteiger partial charge >= 0.3 is 0 Å². The average molecular weight is 391 g/mol. The Morgan fingerprint density at radius 3 is 2.90 bits per heavy atom. The molecule has 0 bridgehead atoms. The molecule has 1 saturated carbocycles. The molecule has 5 rings (SSSR count). The Bertz CT molecular complexity index is 1010. The molecule has 3 nitrogen and oxygen atoms in total. The summed E-state index contributed by atoms with van der Waals surface area (Å²) in [5, 5.41) is 2.91. The molecule has 1 aromatic carbocycles. The minimum atomic E-state index is -0.259. The van der Waals surface area contributed by atoms with Crippen molar-refractivity contribution < 1.29 is 9.18 Å². The Balaban J connectivity index is 1.43. The standard InChI is InChI=1S/C25H27FN2O/c1-15(29)28-19-4-6-20-16(12-19)3-5-22-21(20)9-10-25(2)23(7-8-24(22)25)17-11-18(26)14-27-13-17/h4,6-7,11-14,21-22,24H,3,5,8-10H2,1-2H3,(H,28,29)/t21-,22-,24+,25-/m1/s1. The summed E-state index contributed by atoms with van der Waals surface area (Å²) < 4.78 is 13.8. The molecule has 150 valence electrons. The average Bonchev–Trinajstić information content (AvgIpc) is 3.04. The zero-order valence-corrected chi connectivity index (χ0v) is 17.0. The van der Waals surface area contributed by atoms with Crippen LogP contribution in [0.5, 0.6) is 0 Å². The van der Waals surface area contributed by atoms with Gasteiger partial charge in [-0.3, -0.25) is 9.78 Å². The van der Waals surface area contributed by atoms with E-state index in [4.69, 9.17) is 0 Å². The molecule has 1 heterocycles. The molecule has 29 heavy (non-hydrogen) atoms. The number of rotatable bonds is 2. The number of hydrogen-bond acceptors (Lipinski definition) is 2. The Morgan fingerprint density at radius 1 is 1.24 bits per heavy atom. The fourth-order valence-corrected chi connectivity index (χ4v) is 6.44. The van der Waals surface area contributed by atoms with Crippen LogP contribution in [0.25, 0.3) is 5.57 Å². The van der Waals surface area contributed by atoms with E-state index in [9.17, 15) is 9.18 Å². The number of nitrogens with zero attached hydrogens (tertiary/aromatic N) is 1. The van der Waals surface area contributed by atoms with Crippen molar-refractivity contribution in [3.63, 3.8) is 0 Å². The normalized spacial score (nSPS) is 30.0. The van der Waals surface area contributed by atoms with Crippen LogP contribution in [0.1, 0.15) is 62.1 Å². The molecule has 1 fully saturated rings. The summed E-state index contributed by atoms with van der Waals surface area (Å²) >= 11 is 0. The summed E-state index contributed by atoms with van der Waals surface area (Å²) in [5.74, 6) is 1.56. The minimum absolute atomic E-state index is 0.0246. The van der Waals surface area contributed by atoms with Gasteiger partial charge in [-0.05, 0) is 95.7 Å². The summed E-state index contributed by atoms with van der Waals surface area (Å²) in [6.45, 7) is 3.93. The summed E-state index contributed by atoms with van der Waals surface area (Å²) in [4.78, 5) is 15.5. The van der Waals surface area contributed by atoms with Crippen LogP contribution in [0.3, 0.4) is 0 Å². The number of amides is 1. The van der Waals surface area contributed by atoms with Gasteiger partial charge in [0, 0.05) is 18.8 Å². The molecular formula is C25H27FN2O. The highest BCUT2D eigenvalue weighted by atomic mass is 19.1. The minimum Gasteiger partial charge on any atom is -0.326 e. The van der Waals surface area contributed by atoms with E-state index in [-0.39, 0.29) is 17.1 Å². The lowest BCUT2D eigenvalue weighted by molar-refractivity contribution is -0.114. The van der Waals surface area contributed by atoms with Gasteiger partial charge in [0.2, 0.25) is 5.91 Å². The lowest BCUT2D eigenvalue weighted by atomic mass is 9.54. The van der Waals surface area contributed by atoms with Crippen molar-refractivity contribution in [1.29, 1.82) is 0 Å². The number of pyridine rings is 1. The molecule has 0 aliphatic heterocycles. The number of aromatic nitrogens is 1. The van der Waals surface area contributed by atoms with Gasteiger partial charge in [0.1, 0.15) is 5.82 Å². The van der Waals surface area contributed by atoms with Crippen LogP contribution in [-0.4, -0.2) is 10.9 Å². The molecule has 4 heteroatoms. The third-order valence-electron chi connectivity index (χ3n) is 7.64. The molecule has 0 unspecified atom stereocenters. The van der Waals surface area contributed by atoms with Gasteiger partial charge in [-0.1, -0.05) is 19.1 Å². The van der Waals surface area contributed by atoms with Crippen LogP contribution in [0, 0.1) is 23.1 Å². The number of aryl methyl sites for hydroxylation is 1. The Morgan fingerprint density at radius 2 is 2.10 bits per heavy atom. The maximum atomic E-state index is 13.8. The third-order valence-corrected chi connectivity index (χ3v) is 7.64. The van der Waals surface area contributed by atoms with Crippen LogP contribution in [0.15, 0.2) is 42.7 Å². The smallest absolute Gasteiger partial charge is 0.221 e. The second kappa shape index (κ2) is 6.79. The Kier molecular flexibility index (Phi) is 4.34. The number of nitrogens with one attached hydrogen (secondary N) is 1.